The van der Waals surface area contributed by atoms with Crippen molar-refractivity contribution in [1.82, 2.24) is 9.80 Å². The quantitative estimate of drug-likeness (QED) is 0.161. The van der Waals surface area contributed by atoms with Crippen LogP contribution in [0.25, 0.3) is 0 Å². The molecule has 0 aromatic carbocycles. The number of carbonyl (C=O) groups is 3. The van der Waals surface area contributed by atoms with Crippen molar-refractivity contribution in [2.75, 3.05) is 19.7 Å². The Hall–Kier alpha value is -1.59. The lowest BCUT2D eigenvalue weighted by Gasteiger charge is -2.22. The van der Waals surface area contributed by atoms with E-state index in [2.05, 4.69) is 13.8 Å². The zero-order chi connectivity index (χ0) is 22.2. The van der Waals surface area contributed by atoms with Crippen LogP contribution in [0.15, 0.2) is 0 Å². The molecule has 0 radical (unpaired) electrons. The van der Waals surface area contributed by atoms with Crippen LogP contribution in [0.4, 0.5) is 4.79 Å². The second-order valence-corrected chi connectivity index (χ2v) is 8.36. The van der Waals surface area contributed by atoms with Crippen molar-refractivity contribution in [3.63, 3.8) is 0 Å². The van der Waals surface area contributed by atoms with Crippen LogP contribution in [0.5, 0.6) is 0 Å². The number of imide groups is 1. The molecule has 1 rings (SSSR count). The van der Waals surface area contributed by atoms with E-state index < -0.39 is 0 Å². The molecule has 0 aliphatic carbocycles. The summed E-state index contributed by atoms with van der Waals surface area (Å²) in [4.78, 5) is 40.4. The Balaban J connectivity index is 2.45. The van der Waals surface area contributed by atoms with Crippen molar-refractivity contribution in [2.24, 2.45) is 0 Å². The van der Waals surface area contributed by atoms with Crippen LogP contribution < -0.4 is 0 Å². The van der Waals surface area contributed by atoms with Gasteiger partial charge in [-0.3, -0.25) is 14.5 Å². The van der Waals surface area contributed by atoms with Crippen LogP contribution in [0.1, 0.15) is 111 Å². The minimum atomic E-state index is -0.296. The topological polar surface area (TPSA) is 66.9 Å². The number of hydrogen-bond acceptors (Lipinski definition) is 4. The highest BCUT2D eigenvalue weighted by molar-refractivity contribution is 6.04. The third-order valence-electron chi connectivity index (χ3n) is 5.81. The molecule has 1 aliphatic heterocycles. The van der Waals surface area contributed by atoms with Crippen molar-refractivity contribution in [1.29, 1.82) is 0 Å². The molecule has 1 aliphatic rings. The van der Waals surface area contributed by atoms with Gasteiger partial charge in [-0.25, -0.2) is 4.79 Å². The minimum Gasteiger partial charge on any atom is -0.466 e. The van der Waals surface area contributed by atoms with Crippen molar-refractivity contribution in [3.8, 4) is 0 Å². The number of amides is 3. The molecule has 0 saturated carbocycles. The molecule has 6 nitrogen and oxygen atoms in total. The fourth-order valence-corrected chi connectivity index (χ4v) is 4.00. The highest BCUT2D eigenvalue weighted by Gasteiger charge is 2.43. The van der Waals surface area contributed by atoms with Gasteiger partial charge in [-0.05, 0) is 32.6 Å². The number of unbranched alkanes of at least 4 members (excludes halogenated alkanes) is 9. The zero-order valence-electron chi connectivity index (χ0n) is 19.6. The van der Waals surface area contributed by atoms with Gasteiger partial charge in [-0.15, -0.1) is 0 Å². The van der Waals surface area contributed by atoms with E-state index in [9.17, 15) is 14.4 Å². The number of urea groups is 1. The molecule has 0 spiro atoms. The Labute approximate surface area is 183 Å². The molecule has 0 bridgehead atoms. The van der Waals surface area contributed by atoms with Gasteiger partial charge < -0.3 is 9.64 Å². The highest BCUT2D eigenvalue weighted by Crippen LogP contribution is 2.24. The maximum absolute atomic E-state index is 12.9. The lowest BCUT2D eigenvalue weighted by atomic mass is 10.0. The summed E-state index contributed by atoms with van der Waals surface area (Å²) >= 11 is 0. The van der Waals surface area contributed by atoms with E-state index in [1.807, 2.05) is 11.8 Å². The third kappa shape index (κ3) is 9.48. The second-order valence-electron chi connectivity index (χ2n) is 8.36. The fraction of sp³-hybridized carbons (Fsp3) is 0.875. The van der Waals surface area contributed by atoms with E-state index in [0.29, 0.717) is 26.1 Å². The van der Waals surface area contributed by atoms with Gasteiger partial charge in [0.25, 0.3) is 5.91 Å². The summed E-state index contributed by atoms with van der Waals surface area (Å²) < 4.78 is 4.95. The molecule has 6 heteroatoms. The molecule has 0 aromatic heterocycles. The summed E-state index contributed by atoms with van der Waals surface area (Å²) in [6.45, 7) is 7.76. The predicted octanol–water partition coefficient (Wildman–Crippen LogP) is 5.68. The van der Waals surface area contributed by atoms with Crippen LogP contribution in [-0.4, -0.2) is 53.4 Å². The van der Waals surface area contributed by atoms with Crippen molar-refractivity contribution < 1.29 is 19.1 Å². The van der Waals surface area contributed by atoms with E-state index in [-0.39, 0.29) is 23.9 Å². The average Bonchev–Trinajstić information content (AvgIpc) is 2.95. The second kappa shape index (κ2) is 16.1. The molecule has 0 N–H and O–H groups in total. The number of esters is 1. The number of carbonyl (C=O) groups excluding carboxylic acids is 3. The Morgan fingerprint density at radius 2 is 1.43 bits per heavy atom. The van der Waals surface area contributed by atoms with Gasteiger partial charge in [-0.1, -0.05) is 71.6 Å². The monoisotopic (exact) mass is 424 g/mol. The number of ether oxygens (including phenoxy) is 1. The highest BCUT2D eigenvalue weighted by atomic mass is 16.5. The van der Waals surface area contributed by atoms with Gasteiger partial charge in [-0.2, -0.15) is 0 Å². The molecular formula is C24H44N2O4. The largest absolute Gasteiger partial charge is 0.466 e. The first-order valence-electron chi connectivity index (χ1n) is 12.3. The van der Waals surface area contributed by atoms with E-state index in [0.717, 1.165) is 57.8 Å². The minimum absolute atomic E-state index is 0.00837. The van der Waals surface area contributed by atoms with Gasteiger partial charge in [0.15, 0.2) is 0 Å². The normalized spacial score (nSPS) is 16.6. The first kappa shape index (κ1) is 26.4. The third-order valence-corrected chi connectivity index (χ3v) is 5.81. The number of rotatable bonds is 18. The van der Waals surface area contributed by atoms with E-state index in [1.54, 1.807) is 0 Å². The van der Waals surface area contributed by atoms with E-state index >= 15 is 0 Å². The Bertz CT molecular complexity index is 509. The molecular weight excluding hydrogens is 380 g/mol. The van der Waals surface area contributed by atoms with Crippen molar-refractivity contribution in [3.05, 3.63) is 0 Å². The van der Waals surface area contributed by atoms with Crippen LogP contribution in [-0.2, 0) is 14.3 Å². The van der Waals surface area contributed by atoms with Crippen molar-refractivity contribution in [2.45, 2.75) is 117 Å². The standard InChI is InChI=1S/C24H44N2O4/c1-4-7-9-10-13-16-20-25-21(23(28)26(24(25)29)19-8-5-2)17-14-11-12-15-18-22(27)30-6-3/h21H,4-20H2,1-3H3. The van der Waals surface area contributed by atoms with Crippen LogP contribution in [0.3, 0.4) is 0 Å². The predicted molar refractivity (Wildman–Crippen MR) is 120 cm³/mol. The summed E-state index contributed by atoms with van der Waals surface area (Å²) in [5.41, 5.74) is 0. The van der Waals surface area contributed by atoms with Gasteiger partial charge in [0.1, 0.15) is 6.04 Å². The number of hydrogen-bond donors (Lipinski definition) is 0. The fourth-order valence-electron chi connectivity index (χ4n) is 4.00. The smallest absolute Gasteiger partial charge is 0.327 e. The molecule has 0 aromatic rings. The average molecular weight is 425 g/mol. The van der Waals surface area contributed by atoms with E-state index in [4.69, 9.17) is 4.74 Å². The number of nitrogens with zero attached hydrogens (tertiary/aromatic N) is 2. The Morgan fingerprint density at radius 1 is 0.800 bits per heavy atom. The maximum atomic E-state index is 12.9. The molecule has 174 valence electrons. The van der Waals surface area contributed by atoms with Gasteiger partial charge in [0, 0.05) is 19.5 Å². The van der Waals surface area contributed by atoms with Crippen molar-refractivity contribution >= 4 is 17.9 Å². The van der Waals surface area contributed by atoms with Gasteiger partial charge in [0.05, 0.1) is 6.61 Å². The summed E-state index contributed by atoms with van der Waals surface area (Å²) in [5, 5.41) is 0. The van der Waals surface area contributed by atoms with E-state index in [1.165, 1.54) is 30.6 Å². The lowest BCUT2D eigenvalue weighted by molar-refractivity contribution is -0.143. The van der Waals surface area contributed by atoms with Gasteiger partial charge in [0.2, 0.25) is 0 Å². The molecule has 1 unspecified atom stereocenters. The Morgan fingerprint density at radius 3 is 2.13 bits per heavy atom. The molecule has 1 heterocycles. The van der Waals surface area contributed by atoms with Gasteiger partial charge >= 0.3 is 12.0 Å². The van der Waals surface area contributed by atoms with Crippen LogP contribution in [0.2, 0.25) is 0 Å². The molecule has 1 saturated heterocycles. The molecule has 30 heavy (non-hydrogen) atoms. The van der Waals surface area contributed by atoms with Crippen LogP contribution >= 0.6 is 0 Å². The summed E-state index contributed by atoms with van der Waals surface area (Å²) in [7, 11) is 0. The first-order valence-corrected chi connectivity index (χ1v) is 12.3. The zero-order valence-corrected chi connectivity index (χ0v) is 19.6. The maximum Gasteiger partial charge on any atom is 0.327 e. The Kier molecular flexibility index (Phi) is 14.2. The van der Waals surface area contributed by atoms with Crippen LogP contribution in [0, 0.1) is 0 Å². The molecule has 1 atom stereocenters. The SMILES string of the molecule is CCCCCCCCN1C(=O)N(CCCC)C(=O)C1CCCCCCC(=O)OCC. The molecule has 1 fully saturated rings. The molecule has 3 amide bonds. The lowest BCUT2D eigenvalue weighted by Crippen LogP contribution is -2.36. The summed E-state index contributed by atoms with van der Waals surface area (Å²) in [6.07, 6.45) is 13.7. The summed E-state index contributed by atoms with van der Waals surface area (Å²) in [6, 6.07) is -0.385. The first-order chi connectivity index (χ1) is 14.6. The summed E-state index contributed by atoms with van der Waals surface area (Å²) in [5.74, 6) is -0.142.